The highest BCUT2D eigenvalue weighted by Crippen LogP contribution is 2.08. The monoisotopic (exact) mass is 312 g/mol. The molecule has 0 bridgehead atoms. The van der Waals surface area contributed by atoms with Crippen LogP contribution in [0.1, 0.15) is 20.8 Å². The summed E-state index contributed by atoms with van der Waals surface area (Å²) >= 11 is 0. The number of amides is 3. The molecule has 0 radical (unpaired) electrons. The fourth-order valence-corrected chi connectivity index (χ4v) is 2.35. The van der Waals surface area contributed by atoms with Gasteiger partial charge in [-0.3, -0.25) is 29.5 Å². The SMILES string of the molecule is CC.COC1=NC(=O)CN(C(C)CN2CC(=O)NC(=O)C2)C1. The highest BCUT2D eigenvalue weighted by Gasteiger charge is 2.28. The highest BCUT2D eigenvalue weighted by molar-refractivity contribution is 5.99. The van der Waals surface area contributed by atoms with Crippen LogP contribution >= 0.6 is 0 Å². The van der Waals surface area contributed by atoms with Crippen LogP contribution < -0.4 is 5.32 Å². The minimum Gasteiger partial charge on any atom is -0.483 e. The van der Waals surface area contributed by atoms with Gasteiger partial charge in [-0.25, -0.2) is 0 Å². The van der Waals surface area contributed by atoms with Gasteiger partial charge in [0.1, 0.15) is 0 Å². The molecule has 1 atom stereocenters. The van der Waals surface area contributed by atoms with Crippen LogP contribution in [0.2, 0.25) is 0 Å². The van der Waals surface area contributed by atoms with Crippen molar-refractivity contribution in [1.29, 1.82) is 0 Å². The Balaban J connectivity index is 0.00000116. The number of rotatable bonds is 3. The zero-order valence-corrected chi connectivity index (χ0v) is 13.6. The number of methoxy groups -OCH3 is 1. The van der Waals surface area contributed by atoms with E-state index in [0.717, 1.165) is 0 Å². The van der Waals surface area contributed by atoms with E-state index in [1.165, 1.54) is 7.11 Å². The first-order chi connectivity index (χ1) is 10.5. The second-order valence-corrected chi connectivity index (χ2v) is 5.00. The first-order valence-electron chi connectivity index (χ1n) is 7.41. The number of nitrogens with one attached hydrogen (secondary N) is 1. The molecule has 2 aliphatic rings. The molecule has 8 nitrogen and oxygen atoms in total. The molecule has 1 unspecified atom stereocenters. The number of hydrogen-bond donors (Lipinski definition) is 1. The molecule has 124 valence electrons. The molecule has 1 N–H and O–H groups in total. The van der Waals surface area contributed by atoms with Crippen molar-refractivity contribution in [3.05, 3.63) is 0 Å². The number of aliphatic imine (C=N–C) groups is 1. The van der Waals surface area contributed by atoms with Crippen LogP contribution in [0.15, 0.2) is 4.99 Å². The maximum absolute atomic E-state index is 11.5. The second-order valence-electron chi connectivity index (χ2n) is 5.00. The molecule has 3 amide bonds. The quantitative estimate of drug-likeness (QED) is 0.689. The van der Waals surface area contributed by atoms with Gasteiger partial charge in [-0.1, -0.05) is 13.8 Å². The van der Waals surface area contributed by atoms with E-state index in [4.69, 9.17) is 4.74 Å². The molecule has 0 spiro atoms. The Morgan fingerprint density at radius 2 is 1.73 bits per heavy atom. The van der Waals surface area contributed by atoms with E-state index < -0.39 is 0 Å². The zero-order valence-electron chi connectivity index (χ0n) is 13.6. The van der Waals surface area contributed by atoms with E-state index in [2.05, 4.69) is 10.3 Å². The predicted octanol–water partition coefficient (Wildman–Crippen LogP) is -0.753. The lowest BCUT2D eigenvalue weighted by Gasteiger charge is -2.34. The fraction of sp³-hybridized carbons (Fsp3) is 0.714. The van der Waals surface area contributed by atoms with Gasteiger partial charge >= 0.3 is 0 Å². The molecule has 0 aromatic rings. The lowest BCUT2D eigenvalue weighted by Crippen LogP contribution is -2.55. The summed E-state index contributed by atoms with van der Waals surface area (Å²) in [5, 5.41) is 2.26. The lowest BCUT2D eigenvalue weighted by atomic mass is 10.2. The largest absolute Gasteiger partial charge is 0.483 e. The molecule has 0 aliphatic carbocycles. The maximum atomic E-state index is 11.5. The summed E-state index contributed by atoms with van der Waals surface area (Å²) in [6.45, 7) is 7.55. The van der Waals surface area contributed by atoms with E-state index in [1.807, 2.05) is 25.7 Å². The highest BCUT2D eigenvalue weighted by atomic mass is 16.5. The summed E-state index contributed by atoms with van der Waals surface area (Å²) in [4.78, 5) is 41.6. The summed E-state index contributed by atoms with van der Waals surface area (Å²) in [6, 6.07) is 0.0123. The molecular formula is C14H24N4O4. The van der Waals surface area contributed by atoms with Gasteiger partial charge in [0.25, 0.3) is 5.91 Å². The first-order valence-corrected chi connectivity index (χ1v) is 7.41. The second kappa shape index (κ2) is 8.60. The summed E-state index contributed by atoms with van der Waals surface area (Å²) in [5.41, 5.74) is 0. The van der Waals surface area contributed by atoms with Crippen molar-refractivity contribution in [1.82, 2.24) is 15.1 Å². The fourth-order valence-electron chi connectivity index (χ4n) is 2.35. The van der Waals surface area contributed by atoms with Crippen LogP contribution in [-0.2, 0) is 19.1 Å². The summed E-state index contributed by atoms with van der Waals surface area (Å²) in [5.74, 6) is -0.433. The number of carbonyl (C=O) groups excluding carboxylic acids is 3. The Morgan fingerprint density at radius 3 is 2.27 bits per heavy atom. The van der Waals surface area contributed by atoms with Crippen LogP contribution in [0.5, 0.6) is 0 Å². The van der Waals surface area contributed by atoms with Gasteiger partial charge in [0.2, 0.25) is 17.7 Å². The van der Waals surface area contributed by atoms with Crippen molar-refractivity contribution >= 4 is 23.6 Å². The number of hydrogen-bond acceptors (Lipinski definition) is 6. The molecule has 2 heterocycles. The van der Waals surface area contributed by atoms with E-state index in [9.17, 15) is 14.4 Å². The minimum absolute atomic E-state index is 0.0123. The average molecular weight is 312 g/mol. The third kappa shape index (κ3) is 5.19. The van der Waals surface area contributed by atoms with E-state index in [-0.39, 0.29) is 43.4 Å². The lowest BCUT2D eigenvalue weighted by molar-refractivity contribution is -0.136. The molecule has 0 saturated carbocycles. The van der Waals surface area contributed by atoms with E-state index in [1.54, 1.807) is 4.90 Å². The van der Waals surface area contributed by atoms with Crippen molar-refractivity contribution in [3.63, 3.8) is 0 Å². The summed E-state index contributed by atoms with van der Waals surface area (Å²) in [7, 11) is 1.48. The maximum Gasteiger partial charge on any atom is 0.262 e. The minimum atomic E-state index is -0.290. The van der Waals surface area contributed by atoms with Crippen molar-refractivity contribution in [2.45, 2.75) is 26.8 Å². The Hall–Kier alpha value is -1.80. The predicted molar refractivity (Wildman–Crippen MR) is 81.4 cm³/mol. The smallest absolute Gasteiger partial charge is 0.262 e. The molecule has 0 aromatic carbocycles. The molecule has 8 heteroatoms. The van der Waals surface area contributed by atoms with Gasteiger partial charge < -0.3 is 4.74 Å². The van der Waals surface area contributed by atoms with Gasteiger partial charge in [-0.15, -0.1) is 0 Å². The van der Waals surface area contributed by atoms with Crippen LogP contribution in [-0.4, -0.2) is 79.3 Å². The summed E-state index contributed by atoms with van der Waals surface area (Å²) in [6.07, 6.45) is 0. The molecule has 0 aromatic heterocycles. The Morgan fingerprint density at radius 1 is 1.14 bits per heavy atom. The van der Waals surface area contributed by atoms with Crippen molar-refractivity contribution < 1.29 is 19.1 Å². The third-order valence-corrected chi connectivity index (χ3v) is 3.32. The normalized spacial score (nSPS) is 21.5. The standard InChI is InChI=1S/C12H18N4O4.C2H6/c1-8(3-15-4-9(17)13-10(18)5-15)16-6-11(19)14-12(7-16)20-2;1-2/h8H,3-7H2,1-2H3,(H,13,17,18);1-2H3. The number of ether oxygens (including phenoxy) is 1. The van der Waals surface area contributed by atoms with Gasteiger partial charge in [0, 0.05) is 12.6 Å². The number of imide groups is 1. The first kappa shape index (κ1) is 18.2. The molecular weight excluding hydrogens is 288 g/mol. The van der Waals surface area contributed by atoms with Crippen molar-refractivity contribution in [3.8, 4) is 0 Å². The van der Waals surface area contributed by atoms with Crippen LogP contribution in [0, 0.1) is 0 Å². The van der Waals surface area contributed by atoms with Gasteiger partial charge in [-0.05, 0) is 6.92 Å². The summed E-state index contributed by atoms with van der Waals surface area (Å²) < 4.78 is 5.02. The van der Waals surface area contributed by atoms with Crippen LogP contribution in [0.4, 0.5) is 0 Å². The van der Waals surface area contributed by atoms with Crippen molar-refractivity contribution in [2.24, 2.45) is 4.99 Å². The number of piperazine rings is 1. The zero-order chi connectivity index (χ0) is 16.7. The number of nitrogens with zero attached hydrogens (tertiary/aromatic N) is 3. The van der Waals surface area contributed by atoms with Crippen molar-refractivity contribution in [2.75, 3.05) is 39.8 Å². The third-order valence-electron chi connectivity index (χ3n) is 3.32. The van der Waals surface area contributed by atoms with Gasteiger partial charge in [0.15, 0.2) is 0 Å². The molecule has 1 saturated heterocycles. The Bertz CT molecular complexity index is 448. The average Bonchev–Trinajstić information content (AvgIpc) is 2.47. The molecule has 2 aliphatic heterocycles. The number of carbonyl (C=O) groups is 3. The van der Waals surface area contributed by atoms with Gasteiger partial charge in [-0.2, -0.15) is 4.99 Å². The molecule has 1 fully saturated rings. The Labute approximate surface area is 130 Å². The molecule has 2 rings (SSSR count). The topological polar surface area (TPSA) is 91.3 Å². The van der Waals surface area contributed by atoms with Crippen LogP contribution in [0.3, 0.4) is 0 Å². The van der Waals surface area contributed by atoms with Crippen LogP contribution in [0.25, 0.3) is 0 Å². The Kier molecular flexibility index (Phi) is 7.13. The van der Waals surface area contributed by atoms with Gasteiger partial charge in [0.05, 0.1) is 33.3 Å². The van der Waals surface area contributed by atoms with E-state index >= 15 is 0 Å². The van der Waals surface area contributed by atoms with E-state index in [0.29, 0.717) is 19.0 Å². The molecule has 22 heavy (non-hydrogen) atoms.